The van der Waals surface area contributed by atoms with E-state index in [1.807, 2.05) is 6.20 Å². The molecule has 2 aromatic carbocycles. The highest BCUT2D eigenvalue weighted by Crippen LogP contribution is 2.19. The molecule has 178 valence electrons. The second-order valence-corrected chi connectivity index (χ2v) is 8.05. The van der Waals surface area contributed by atoms with Gasteiger partial charge in [0.2, 0.25) is 0 Å². The summed E-state index contributed by atoms with van der Waals surface area (Å²) in [5.41, 5.74) is 4.38. The molecule has 1 aliphatic rings. The zero-order valence-corrected chi connectivity index (χ0v) is 21.2. The maximum atomic E-state index is 13.6. The minimum absolute atomic E-state index is 0. The van der Waals surface area contributed by atoms with Gasteiger partial charge >= 0.3 is 0 Å². The average Bonchev–Trinajstić information content (AvgIpc) is 3.23. The summed E-state index contributed by atoms with van der Waals surface area (Å²) in [5.74, 6) is 0.518. The fraction of sp³-hybridized carbons (Fsp3) is 0.400. The minimum Gasteiger partial charge on any atom is -0.381 e. The van der Waals surface area contributed by atoms with Crippen molar-refractivity contribution in [2.24, 2.45) is 4.99 Å². The molecule has 0 radical (unpaired) electrons. The summed E-state index contributed by atoms with van der Waals surface area (Å²) in [6.07, 6.45) is 4.94. The summed E-state index contributed by atoms with van der Waals surface area (Å²) in [7, 11) is 1.76. The van der Waals surface area contributed by atoms with Gasteiger partial charge in [-0.2, -0.15) is 0 Å². The van der Waals surface area contributed by atoms with E-state index in [0.717, 1.165) is 54.9 Å². The molecule has 0 aliphatic carbocycles. The summed E-state index contributed by atoms with van der Waals surface area (Å²) >= 11 is 0. The van der Waals surface area contributed by atoms with Crippen LogP contribution < -0.4 is 10.6 Å². The van der Waals surface area contributed by atoms with Crippen LogP contribution in [0.25, 0.3) is 10.9 Å². The number of hydrogen-bond acceptors (Lipinski definition) is 3. The molecule has 1 aliphatic heterocycles. The summed E-state index contributed by atoms with van der Waals surface area (Å²) in [6.45, 7) is 3.57. The molecule has 33 heavy (non-hydrogen) atoms. The molecule has 0 bridgehead atoms. The SMILES string of the molecule is CN=C(NCCc1c[nH]c2ccc(F)cc12)NCc1cccc(COC2CCOCC2)c1.I. The van der Waals surface area contributed by atoms with Crippen LogP contribution >= 0.6 is 24.0 Å². The molecular weight excluding hydrogens is 534 g/mol. The monoisotopic (exact) mass is 566 g/mol. The highest BCUT2D eigenvalue weighted by Gasteiger charge is 2.14. The molecule has 0 saturated carbocycles. The molecular formula is C25H32FIN4O2. The molecule has 0 spiro atoms. The Kier molecular flexibility index (Phi) is 9.95. The molecule has 1 saturated heterocycles. The zero-order chi connectivity index (χ0) is 22.2. The molecule has 0 unspecified atom stereocenters. The number of rotatable bonds is 8. The van der Waals surface area contributed by atoms with Gasteiger partial charge in [-0.3, -0.25) is 4.99 Å². The number of aromatic nitrogens is 1. The van der Waals surface area contributed by atoms with Gasteiger partial charge in [0.25, 0.3) is 0 Å². The first-order valence-electron chi connectivity index (χ1n) is 11.2. The Bertz CT molecular complexity index is 1050. The van der Waals surface area contributed by atoms with Gasteiger partial charge in [0.1, 0.15) is 5.82 Å². The van der Waals surface area contributed by atoms with Crippen LogP contribution in [-0.4, -0.2) is 43.9 Å². The van der Waals surface area contributed by atoms with Gasteiger partial charge in [-0.1, -0.05) is 24.3 Å². The van der Waals surface area contributed by atoms with Crippen molar-refractivity contribution in [2.75, 3.05) is 26.8 Å². The van der Waals surface area contributed by atoms with Crippen molar-refractivity contribution in [1.29, 1.82) is 0 Å². The van der Waals surface area contributed by atoms with Crippen LogP contribution in [0.15, 0.2) is 53.7 Å². The Balaban J connectivity index is 0.00000306. The molecule has 3 N–H and O–H groups in total. The number of nitrogens with one attached hydrogen (secondary N) is 3. The van der Waals surface area contributed by atoms with Crippen LogP contribution in [0.5, 0.6) is 0 Å². The molecule has 8 heteroatoms. The molecule has 6 nitrogen and oxygen atoms in total. The number of guanidine groups is 1. The number of fused-ring (bicyclic) bond motifs is 1. The van der Waals surface area contributed by atoms with Crippen molar-refractivity contribution >= 4 is 40.8 Å². The predicted octanol–water partition coefficient (Wildman–Crippen LogP) is 4.53. The third kappa shape index (κ3) is 7.41. The van der Waals surface area contributed by atoms with Crippen LogP contribution in [0, 0.1) is 5.82 Å². The summed E-state index contributed by atoms with van der Waals surface area (Å²) in [6, 6.07) is 13.2. The number of aromatic amines is 1. The second-order valence-electron chi connectivity index (χ2n) is 8.05. The number of nitrogens with zero attached hydrogens (tertiary/aromatic N) is 1. The van der Waals surface area contributed by atoms with E-state index in [1.165, 1.54) is 17.2 Å². The van der Waals surface area contributed by atoms with Crippen molar-refractivity contribution in [3.63, 3.8) is 0 Å². The fourth-order valence-corrected chi connectivity index (χ4v) is 3.97. The van der Waals surface area contributed by atoms with Crippen LogP contribution in [0.1, 0.15) is 29.5 Å². The topological polar surface area (TPSA) is 70.7 Å². The Morgan fingerprint density at radius 1 is 1.15 bits per heavy atom. The van der Waals surface area contributed by atoms with Crippen molar-refractivity contribution in [2.45, 2.75) is 38.5 Å². The van der Waals surface area contributed by atoms with Crippen molar-refractivity contribution in [3.05, 3.63) is 71.2 Å². The normalized spacial score (nSPS) is 14.8. The summed E-state index contributed by atoms with van der Waals surface area (Å²) < 4.78 is 25.0. The zero-order valence-electron chi connectivity index (χ0n) is 18.9. The number of halogens is 2. The lowest BCUT2D eigenvalue weighted by Gasteiger charge is -2.22. The van der Waals surface area contributed by atoms with Gasteiger partial charge in [-0.25, -0.2) is 4.39 Å². The smallest absolute Gasteiger partial charge is 0.191 e. The van der Waals surface area contributed by atoms with Gasteiger partial charge in [-0.15, -0.1) is 24.0 Å². The Hall–Kier alpha value is -2.17. The molecule has 1 fully saturated rings. The number of aliphatic imine (C=N–C) groups is 1. The highest BCUT2D eigenvalue weighted by molar-refractivity contribution is 14.0. The lowest BCUT2D eigenvalue weighted by molar-refractivity contribution is -0.0390. The molecule has 0 atom stereocenters. The lowest BCUT2D eigenvalue weighted by atomic mass is 10.1. The van der Waals surface area contributed by atoms with Gasteiger partial charge < -0.3 is 25.1 Å². The number of ether oxygens (including phenoxy) is 2. The molecule has 4 rings (SSSR count). The van der Waals surface area contributed by atoms with E-state index in [1.54, 1.807) is 19.2 Å². The standard InChI is InChI=1S/C25H31FN4O2.HI/c1-27-25(28-10-7-20-16-29-24-6-5-21(26)14-23(20)24)30-15-18-3-2-4-19(13-18)17-32-22-8-11-31-12-9-22;/h2-6,13-14,16,22,29H,7-12,15,17H2,1H3,(H2,27,28,30);1H. The number of hydrogen-bond donors (Lipinski definition) is 3. The largest absolute Gasteiger partial charge is 0.381 e. The quantitative estimate of drug-likeness (QED) is 0.213. The van der Waals surface area contributed by atoms with E-state index in [0.29, 0.717) is 25.8 Å². The number of H-pyrrole nitrogens is 1. The molecule has 3 aromatic rings. The first kappa shape index (κ1) is 25.5. The first-order valence-corrected chi connectivity index (χ1v) is 11.2. The molecule has 2 heterocycles. The minimum atomic E-state index is -0.218. The Morgan fingerprint density at radius 3 is 2.79 bits per heavy atom. The summed E-state index contributed by atoms with van der Waals surface area (Å²) in [5, 5.41) is 7.62. The lowest BCUT2D eigenvalue weighted by Crippen LogP contribution is -2.37. The van der Waals surface area contributed by atoms with Crippen LogP contribution in [0.3, 0.4) is 0 Å². The summed E-state index contributed by atoms with van der Waals surface area (Å²) in [4.78, 5) is 7.50. The first-order chi connectivity index (χ1) is 15.7. The van der Waals surface area contributed by atoms with Gasteiger partial charge in [0.15, 0.2) is 5.96 Å². The third-order valence-electron chi connectivity index (χ3n) is 5.75. The van der Waals surface area contributed by atoms with E-state index < -0.39 is 0 Å². The van der Waals surface area contributed by atoms with Crippen molar-refractivity contribution < 1.29 is 13.9 Å². The van der Waals surface area contributed by atoms with Crippen molar-refractivity contribution in [1.82, 2.24) is 15.6 Å². The average molecular weight is 566 g/mol. The fourth-order valence-electron chi connectivity index (χ4n) is 3.97. The number of benzene rings is 2. The van der Waals surface area contributed by atoms with E-state index >= 15 is 0 Å². The third-order valence-corrected chi connectivity index (χ3v) is 5.75. The maximum absolute atomic E-state index is 13.6. The highest BCUT2D eigenvalue weighted by atomic mass is 127. The molecule has 0 amide bonds. The molecule has 1 aromatic heterocycles. The van der Waals surface area contributed by atoms with E-state index in [4.69, 9.17) is 9.47 Å². The van der Waals surface area contributed by atoms with Gasteiger partial charge in [-0.05, 0) is 54.2 Å². The van der Waals surface area contributed by atoms with Gasteiger partial charge in [0.05, 0.1) is 12.7 Å². The Morgan fingerprint density at radius 2 is 1.97 bits per heavy atom. The van der Waals surface area contributed by atoms with E-state index in [9.17, 15) is 4.39 Å². The van der Waals surface area contributed by atoms with Gasteiger partial charge in [0, 0.05) is 50.5 Å². The Labute approximate surface area is 211 Å². The van der Waals surface area contributed by atoms with Crippen LogP contribution in [0.4, 0.5) is 4.39 Å². The van der Waals surface area contributed by atoms with E-state index in [2.05, 4.69) is 44.9 Å². The van der Waals surface area contributed by atoms with Crippen LogP contribution in [0.2, 0.25) is 0 Å². The van der Waals surface area contributed by atoms with E-state index in [-0.39, 0.29) is 29.8 Å². The van der Waals surface area contributed by atoms with Crippen molar-refractivity contribution in [3.8, 4) is 0 Å². The van der Waals surface area contributed by atoms with Crippen LogP contribution in [-0.2, 0) is 29.0 Å². The maximum Gasteiger partial charge on any atom is 0.191 e. The predicted molar refractivity (Wildman–Crippen MR) is 141 cm³/mol. The second kappa shape index (κ2) is 12.9.